The van der Waals surface area contributed by atoms with Crippen molar-refractivity contribution in [3.05, 3.63) is 95.8 Å². The summed E-state index contributed by atoms with van der Waals surface area (Å²) in [5, 5.41) is 13.8. The summed E-state index contributed by atoms with van der Waals surface area (Å²) in [4.78, 5) is 4.04. The van der Waals surface area contributed by atoms with Crippen LogP contribution in [0.2, 0.25) is 0 Å². The lowest BCUT2D eigenvalue weighted by molar-refractivity contribution is 0.160. The highest BCUT2D eigenvalue weighted by Gasteiger charge is 2.20. The normalized spacial score (nSPS) is 13.9. The molecule has 4 N–H and O–H groups in total. The number of aromatic nitrogens is 1. The Morgan fingerprint density at radius 3 is 2.27 bits per heavy atom. The van der Waals surface area contributed by atoms with Gasteiger partial charge in [0.2, 0.25) is 0 Å². The third-order valence-corrected chi connectivity index (χ3v) is 6.50. The van der Waals surface area contributed by atoms with Crippen molar-refractivity contribution >= 4 is 15.9 Å². The average molecular weight is 469 g/mol. The smallest absolute Gasteiger partial charge is 0.299 e. The molecule has 0 aliphatic heterocycles. The first-order chi connectivity index (χ1) is 15.6. The van der Waals surface area contributed by atoms with Crippen LogP contribution in [0.3, 0.4) is 0 Å². The molecule has 0 amide bonds. The average Bonchev–Trinajstić information content (AvgIpc) is 2.79. The van der Waals surface area contributed by atoms with Gasteiger partial charge in [-0.15, -0.1) is 0 Å². The molecule has 0 spiro atoms. The van der Waals surface area contributed by atoms with Gasteiger partial charge in [-0.2, -0.15) is 13.1 Å². The standard InChI is InChI=1S/C25H32N4O3S/c1-19(21-8-5-4-6-9-21)28-33(31,32)29-23-13-11-20(12-14-23)16-25(2,3)27-18-24(30)22-10-7-15-26-17-22/h4-15,17,19,24,27-30H,16,18H2,1-3H3/t19-,24-/m0/s1. The number of hydrogen-bond donors (Lipinski definition) is 4. The summed E-state index contributed by atoms with van der Waals surface area (Å²) in [7, 11) is -3.72. The number of anilines is 1. The fourth-order valence-electron chi connectivity index (χ4n) is 3.55. The first-order valence-electron chi connectivity index (χ1n) is 10.9. The Morgan fingerprint density at radius 2 is 1.64 bits per heavy atom. The number of nitrogens with zero attached hydrogens (tertiary/aromatic N) is 1. The van der Waals surface area contributed by atoms with E-state index in [2.05, 4.69) is 33.6 Å². The topological polar surface area (TPSA) is 103 Å². The third kappa shape index (κ3) is 7.94. The van der Waals surface area contributed by atoms with E-state index in [0.29, 0.717) is 18.7 Å². The molecular weight excluding hydrogens is 436 g/mol. The SMILES string of the molecule is C[C@H](NS(=O)(=O)Nc1ccc(CC(C)(C)NC[C@H](O)c2cccnc2)cc1)c1ccccc1. The van der Waals surface area contributed by atoms with Gasteiger partial charge in [0.15, 0.2) is 0 Å². The van der Waals surface area contributed by atoms with Crippen LogP contribution >= 0.6 is 0 Å². The maximum atomic E-state index is 12.5. The van der Waals surface area contributed by atoms with E-state index in [1.807, 2.05) is 48.5 Å². The fourth-order valence-corrected chi connectivity index (χ4v) is 4.66. The van der Waals surface area contributed by atoms with Crippen LogP contribution in [0, 0.1) is 0 Å². The second kappa shape index (κ2) is 10.9. The summed E-state index contributed by atoms with van der Waals surface area (Å²) < 4.78 is 30.2. The van der Waals surface area contributed by atoms with Gasteiger partial charge in [-0.1, -0.05) is 48.5 Å². The Labute approximate surface area is 196 Å². The number of hydrogen-bond acceptors (Lipinski definition) is 5. The number of aliphatic hydroxyl groups excluding tert-OH is 1. The van der Waals surface area contributed by atoms with E-state index >= 15 is 0 Å². The van der Waals surface area contributed by atoms with Gasteiger partial charge in [0.25, 0.3) is 10.2 Å². The van der Waals surface area contributed by atoms with Gasteiger partial charge in [-0.3, -0.25) is 9.71 Å². The van der Waals surface area contributed by atoms with Gasteiger partial charge in [0.05, 0.1) is 6.10 Å². The number of β-amino-alcohol motifs (C(OH)–C–C–N with tert-alkyl or cyclic N) is 1. The van der Waals surface area contributed by atoms with Crippen molar-refractivity contribution < 1.29 is 13.5 Å². The van der Waals surface area contributed by atoms with Crippen LogP contribution in [-0.4, -0.2) is 30.6 Å². The minimum Gasteiger partial charge on any atom is -0.387 e. The molecule has 8 heteroatoms. The van der Waals surface area contributed by atoms with E-state index < -0.39 is 16.3 Å². The third-order valence-electron chi connectivity index (χ3n) is 5.33. The maximum Gasteiger partial charge on any atom is 0.299 e. The zero-order valence-corrected chi connectivity index (χ0v) is 20.0. The maximum absolute atomic E-state index is 12.5. The summed E-state index contributed by atoms with van der Waals surface area (Å²) in [5.41, 5.74) is 2.94. The summed E-state index contributed by atoms with van der Waals surface area (Å²) in [6.07, 6.45) is 3.41. The minimum atomic E-state index is -3.72. The van der Waals surface area contributed by atoms with Crippen molar-refractivity contribution in [3.8, 4) is 0 Å². The lowest BCUT2D eigenvalue weighted by atomic mass is 9.94. The highest BCUT2D eigenvalue weighted by molar-refractivity contribution is 7.90. The van der Waals surface area contributed by atoms with Crippen molar-refractivity contribution in [2.24, 2.45) is 0 Å². The molecule has 33 heavy (non-hydrogen) atoms. The predicted octanol–water partition coefficient (Wildman–Crippen LogP) is 3.73. The van der Waals surface area contributed by atoms with Gasteiger partial charge >= 0.3 is 0 Å². The molecule has 176 valence electrons. The first-order valence-corrected chi connectivity index (χ1v) is 12.4. The molecule has 2 aromatic carbocycles. The number of rotatable bonds is 11. The molecule has 0 saturated carbocycles. The van der Waals surface area contributed by atoms with Crippen LogP contribution in [0.15, 0.2) is 79.1 Å². The van der Waals surface area contributed by atoms with Crippen molar-refractivity contribution in [3.63, 3.8) is 0 Å². The molecule has 3 aromatic rings. The number of benzene rings is 2. The van der Waals surface area contributed by atoms with Crippen LogP contribution < -0.4 is 14.8 Å². The van der Waals surface area contributed by atoms with E-state index in [1.165, 1.54) is 0 Å². The molecule has 0 fully saturated rings. The van der Waals surface area contributed by atoms with E-state index in [1.54, 1.807) is 37.5 Å². The second-order valence-corrected chi connectivity index (χ2v) is 10.2. The molecule has 1 aromatic heterocycles. The molecule has 0 unspecified atom stereocenters. The van der Waals surface area contributed by atoms with Crippen molar-refractivity contribution in [1.82, 2.24) is 15.0 Å². The molecule has 0 aliphatic rings. The second-order valence-electron chi connectivity index (χ2n) is 8.80. The summed E-state index contributed by atoms with van der Waals surface area (Å²) in [5.74, 6) is 0. The quantitative estimate of drug-likeness (QED) is 0.343. The summed E-state index contributed by atoms with van der Waals surface area (Å²) in [6.45, 7) is 6.34. The van der Waals surface area contributed by atoms with Crippen LogP contribution in [0.5, 0.6) is 0 Å². The van der Waals surface area contributed by atoms with E-state index in [0.717, 1.165) is 16.7 Å². The van der Waals surface area contributed by atoms with E-state index in [-0.39, 0.29) is 11.6 Å². The zero-order chi connectivity index (χ0) is 23.9. The summed E-state index contributed by atoms with van der Waals surface area (Å²) in [6, 6.07) is 20.0. The van der Waals surface area contributed by atoms with Crippen LogP contribution in [0.1, 0.15) is 49.6 Å². The Hall–Kier alpha value is -2.78. The Kier molecular flexibility index (Phi) is 8.20. The monoisotopic (exact) mass is 468 g/mol. The molecule has 7 nitrogen and oxygen atoms in total. The molecule has 0 aliphatic carbocycles. The molecule has 0 saturated heterocycles. The molecule has 2 atom stereocenters. The van der Waals surface area contributed by atoms with Crippen LogP contribution in [-0.2, 0) is 16.6 Å². The first kappa shape index (κ1) is 24.9. The van der Waals surface area contributed by atoms with Gasteiger partial charge < -0.3 is 10.4 Å². The lowest BCUT2D eigenvalue weighted by Crippen LogP contribution is -2.43. The van der Waals surface area contributed by atoms with Gasteiger partial charge in [0, 0.05) is 41.8 Å². The Morgan fingerprint density at radius 1 is 0.970 bits per heavy atom. The van der Waals surface area contributed by atoms with Gasteiger partial charge in [0.1, 0.15) is 0 Å². The molecule has 0 bridgehead atoms. The molecular formula is C25H32N4O3S. The molecule has 1 heterocycles. The number of pyridine rings is 1. The van der Waals surface area contributed by atoms with E-state index in [4.69, 9.17) is 0 Å². The Bertz CT molecular complexity index is 1110. The minimum absolute atomic E-state index is 0.267. The van der Waals surface area contributed by atoms with Crippen molar-refractivity contribution in [2.75, 3.05) is 11.3 Å². The van der Waals surface area contributed by atoms with Gasteiger partial charge in [-0.25, -0.2) is 0 Å². The fraction of sp³-hybridized carbons (Fsp3) is 0.320. The molecule has 3 rings (SSSR count). The molecule has 0 radical (unpaired) electrons. The lowest BCUT2D eigenvalue weighted by Gasteiger charge is -2.28. The Balaban J connectivity index is 1.53. The van der Waals surface area contributed by atoms with Crippen molar-refractivity contribution in [2.45, 2.75) is 44.9 Å². The van der Waals surface area contributed by atoms with Crippen molar-refractivity contribution in [1.29, 1.82) is 0 Å². The van der Waals surface area contributed by atoms with E-state index in [9.17, 15) is 13.5 Å². The highest BCUT2D eigenvalue weighted by Crippen LogP contribution is 2.19. The summed E-state index contributed by atoms with van der Waals surface area (Å²) >= 11 is 0. The highest BCUT2D eigenvalue weighted by atomic mass is 32.2. The van der Waals surface area contributed by atoms with Gasteiger partial charge in [-0.05, 0) is 56.5 Å². The zero-order valence-electron chi connectivity index (χ0n) is 19.2. The van der Waals surface area contributed by atoms with Crippen LogP contribution in [0.4, 0.5) is 5.69 Å². The number of nitrogens with one attached hydrogen (secondary N) is 3. The van der Waals surface area contributed by atoms with Crippen LogP contribution in [0.25, 0.3) is 0 Å². The number of aliphatic hydroxyl groups is 1. The largest absolute Gasteiger partial charge is 0.387 e. The predicted molar refractivity (Wildman–Crippen MR) is 132 cm³/mol.